The average molecular weight is 543 g/mol. The number of thiocarbonyl (C=S) groups is 1. The lowest BCUT2D eigenvalue weighted by molar-refractivity contribution is -0.116. The first-order valence-corrected chi connectivity index (χ1v) is 12.7. The summed E-state index contributed by atoms with van der Waals surface area (Å²) in [6, 6.07) is 22.4. The largest absolute Gasteiger partial charge is 0.495 e. The van der Waals surface area contributed by atoms with Gasteiger partial charge in [-0.2, -0.15) is 0 Å². The fourth-order valence-electron chi connectivity index (χ4n) is 4.58. The van der Waals surface area contributed by atoms with Gasteiger partial charge < -0.3 is 29.8 Å². The number of aromatic nitrogens is 1. The van der Waals surface area contributed by atoms with Crippen LogP contribution in [0.1, 0.15) is 40.3 Å². The van der Waals surface area contributed by atoms with E-state index in [2.05, 4.69) is 15.6 Å². The van der Waals surface area contributed by atoms with Gasteiger partial charge in [-0.1, -0.05) is 30.3 Å². The van der Waals surface area contributed by atoms with Crippen LogP contribution in [-0.4, -0.2) is 45.6 Å². The van der Waals surface area contributed by atoms with Gasteiger partial charge in [-0.3, -0.25) is 9.78 Å². The van der Waals surface area contributed by atoms with Crippen molar-refractivity contribution in [1.82, 2.24) is 15.2 Å². The van der Waals surface area contributed by atoms with E-state index < -0.39 is 5.97 Å². The minimum atomic E-state index is -0.990. The Labute approximate surface area is 230 Å². The van der Waals surface area contributed by atoms with Crippen LogP contribution in [0.3, 0.4) is 0 Å². The summed E-state index contributed by atoms with van der Waals surface area (Å²) in [5, 5.41) is 15.9. The summed E-state index contributed by atoms with van der Waals surface area (Å²) in [5.41, 5.74) is 2.33. The van der Waals surface area contributed by atoms with Crippen LogP contribution < -0.4 is 15.4 Å². The highest BCUT2D eigenvalue weighted by Crippen LogP contribution is 2.40. The van der Waals surface area contributed by atoms with Crippen LogP contribution >= 0.6 is 12.2 Å². The molecule has 4 aromatic rings. The van der Waals surface area contributed by atoms with Crippen molar-refractivity contribution in [2.24, 2.45) is 0 Å². The summed E-state index contributed by atoms with van der Waals surface area (Å²) >= 11 is 5.69. The zero-order valence-corrected chi connectivity index (χ0v) is 21.9. The molecule has 0 bridgehead atoms. The van der Waals surface area contributed by atoms with Gasteiger partial charge in [-0.05, 0) is 60.7 Å². The first kappa shape index (κ1) is 25.9. The van der Waals surface area contributed by atoms with Crippen molar-refractivity contribution in [1.29, 1.82) is 0 Å². The molecular weight excluding hydrogens is 516 g/mol. The molecule has 0 spiro atoms. The number of para-hydroxylation sites is 2. The SMILES string of the molecule is COc1ccccc1NC(=O)CCN1C(=S)N[C@H](c2ccccn2)[C@H]1c1ccc(-c2ccc(C(=O)O)cc2)o1. The number of anilines is 1. The molecule has 2 atom stereocenters. The number of furan rings is 1. The Bertz CT molecular complexity index is 1490. The Kier molecular flexibility index (Phi) is 7.55. The Balaban J connectivity index is 1.39. The van der Waals surface area contributed by atoms with Gasteiger partial charge >= 0.3 is 5.97 Å². The Morgan fingerprint density at radius 1 is 1.08 bits per heavy atom. The van der Waals surface area contributed by atoms with E-state index in [4.69, 9.17) is 21.4 Å². The van der Waals surface area contributed by atoms with Gasteiger partial charge in [0.05, 0.1) is 30.1 Å². The molecule has 3 heterocycles. The van der Waals surface area contributed by atoms with Crippen LogP contribution in [0.2, 0.25) is 0 Å². The predicted molar refractivity (Wildman–Crippen MR) is 150 cm³/mol. The third-order valence-electron chi connectivity index (χ3n) is 6.49. The molecule has 39 heavy (non-hydrogen) atoms. The smallest absolute Gasteiger partial charge is 0.335 e. The molecule has 5 rings (SSSR count). The van der Waals surface area contributed by atoms with Gasteiger partial charge in [0.1, 0.15) is 23.3 Å². The van der Waals surface area contributed by atoms with Crippen molar-refractivity contribution in [3.05, 3.63) is 102 Å². The molecule has 1 aliphatic heterocycles. The van der Waals surface area contributed by atoms with Crippen molar-refractivity contribution in [3.63, 3.8) is 0 Å². The number of hydrogen-bond acceptors (Lipinski definition) is 6. The number of pyridine rings is 1. The maximum Gasteiger partial charge on any atom is 0.335 e. The first-order valence-electron chi connectivity index (χ1n) is 12.3. The number of amides is 1. The van der Waals surface area contributed by atoms with E-state index in [9.17, 15) is 14.7 Å². The number of nitrogens with one attached hydrogen (secondary N) is 2. The van der Waals surface area contributed by atoms with Crippen LogP contribution in [0.15, 0.2) is 89.5 Å². The Hall–Kier alpha value is -4.70. The van der Waals surface area contributed by atoms with Gasteiger partial charge in [0, 0.05) is 24.7 Å². The maximum atomic E-state index is 12.9. The lowest BCUT2D eigenvalue weighted by Crippen LogP contribution is -2.32. The predicted octanol–water partition coefficient (Wildman–Crippen LogP) is 5.05. The van der Waals surface area contributed by atoms with Gasteiger partial charge in [0.15, 0.2) is 5.11 Å². The van der Waals surface area contributed by atoms with Crippen molar-refractivity contribution >= 4 is 34.9 Å². The van der Waals surface area contributed by atoms with E-state index >= 15 is 0 Å². The molecule has 2 aromatic carbocycles. The quantitative estimate of drug-likeness (QED) is 0.250. The number of hydrogen-bond donors (Lipinski definition) is 3. The molecule has 9 nitrogen and oxygen atoms in total. The van der Waals surface area contributed by atoms with Crippen molar-refractivity contribution in [2.45, 2.75) is 18.5 Å². The summed E-state index contributed by atoms with van der Waals surface area (Å²) in [5.74, 6) is 0.641. The van der Waals surface area contributed by atoms with Gasteiger partial charge in [0.2, 0.25) is 5.91 Å². The minimum Gasteiger partial charge on any atom is -0.495 e. The number of methoxy groups -OCH3 is 1. The fraction of sp³-hybridized carbons (Fsp3) is 0.172. The van der Waals surface area contributed by atoms with Crippen molar-refractivity contribution < 1.29 is 23.8 Å². The Morgan fingerprint density at radius 3 is 2.56 bits per heavy atom. The molecule has 1 fully saturated rings. The Morgan fingerprint density at radius 2 is 1.85 bits per heavy atom. The molecule has 1 aliphatic rings. The molecular formula is C29H26N4O5S. The van der Waals surface area contributed by atoms with E-state index in [1.807, 2.05) is 47.4 Å². The number of benzene rings is 2. The molecule has 1 saturated heterocycles. The van der Waals surface area contributed by atoms with Crippen molar-refractivity contribution in [3.8, 4) is 17.1 Å². The highest BCUT2D eigenvalue weighted by Gasteiger charge is 2.41. The second-order valence-corrected chi connectivity index (χ2v) is 9.29. The van der Waals surface area contributed by atoms with E-state index in [1.54, 1.807) is 37.6 Å². The van der Waals surface area contributed by atoms with E-state index in [1.165, 1.54) is 12.1 Å². The average Bonchev–Trinajstić information content (AvgIpc) is 3.57. The lowest BCUT2D eigenvalue weighted by Gasteiger charge is -2.26. The van der Waals surface area contributed by atoms with Gasteiger partial charge in [0.25, 0.3) is 0 Å². The number of ether oxygens (including phenoxy) is 1. The monoisotopic (exact) mass is 542 g/mol. The number of nitrogens with zero attached hydrogens (tertiary/aromatic N) is 2. The standard InChI is InChI=1S/C29H26N4O5S/c1-37-23-8-3-2-6-20(23)31-25(34)15-17-33-27(26(32-29(33)39)21-7-4-5-16-30-21)24-14-13-22(38-24)18-9-11-19(12-10-18)28(35)36/h2-14,16,26-27H,15,17H2,1H3,(H,31,34)(H,32,39)(H,35,36)/t26-,27-/m1/s1. The van der Waals surface area contributed by atoms with Crippen LogP contribution in [0, 0.1) is 0 Å². The molecule has 0 saturated carbocycles. The summed E-state index contributed by atoms with van der Waals surface area (Å²) in [6.45, 7) is 0.337. The normalized spacial score (nSPS) is 16.5. The summed E-state index contributed by atoms with van der Waals surface area (Å²) in [6.07, 6.45) is 1.90. The molecule has 10 heteroatoms. The lowest BCUT2D eigenvalue weighted by atomic mass is 10.0. The van der Waals surface area contributed by atoms with Crippen molar-refractivity contribution in [2.75, 3.05) is 19.0 Å². The molecule has 198 valence electrons. The summed E-state index contributed by atoms with van der Waals surface area (Å²) in [7, 11) is 1.56. The molecule has 2 aromatic heterocycles. The van der Waals surface area contributed by atoms with Crippen LogP contribution in [0.5, 0.6) is 5.75 Å². The highest BCUT2D eigenvalue weighted by molar-refractivity contribution is 7.80. The zero-order chi connectivity index (χ0) is 27.4. The summed E-state index contributed by atoms with van der Waals surface area (Å²) in [4.78, 5) is 30.6. The number of carboxylic acids is 1. The molecule has 1 amide bonds. The third kappa shape index (κ3) is 5.60. The van der Waals surface area contributed by atoms with E-state index in [0.717, 1.165) is 11.3 Å². The number of carbonyl (C=O) groups is 2. The second kappa shape index (κ2) is 11.4. The molecule has 0 unspecified atom stereocenters. The zero-order valence-electron chi connectivity index (χ0n) is 21.0. The third-order valence-corrected chi connectivity index (χ3v) is 6.85. The highest BCUT2D eigenvalue weighted by atomic mass is 32.1. The molecule has 0 radical (unpaired) electrons. The minimum absolute atomic E-state index is 0.176. The maximum absolute atomic E-state index is 12.9. The van der Waals surface area contributed by atoms with Crippen LogP contribution in [0.4, 0.5) is 5.69 Å². The second-order valence-electron chi connectivity index (χ2n) is 8.90. The molecule has 3 N–H and O–H groups in total. The molecule has 0 aliphatic carbocycles. The topological polar surface area (TPSA) is 117 Å². The number of carboxylic acid groups (broad SMARTS) is 1. The van der Waals surface area contributed by atoms with E-state index in [-0.39, 0.29) is 30.0 Å². The summed E-state index contributed by atoms with van der Waals surface area (Å²) < 4.78 is 11.6. The van der Waals surface area contributed by atoms with Crippen LogP contribution in [-0.2, 0) is 4.79 Å². The number of carbonyl (C=O) groups excluding carboxylic acids is 1. The fourth-order valence-corrected chi connectivity index (χ4v) is 4.91. The number of rotatable bonds is 9. The van der Waals surface area contributed by atoms with Gasteiger partial charge in [-0.25, -0.2) is 4.79 Å². The van der Waals surface area contributed by atoms with Crippen LogP contribution in [0.25, 0.3) is 11.3 Å². The van der Waals surface area contributed by atoms with Gasteiger partial charge in [-0.15, -0.1) is 0 Å². The number of aromatic carboxylic acids is 1. The first-order chi connectivity index (χ1) is 18.9. The van der Waals surface area contributed by atoms with E-state index in [0.29, 0.717) is 34.6 Å².